The molecule has 560 valence electrons. The molecule has 0 heterocycles. The maximum atomic E-state index is 13.1. The van der Waals surface area contributed by atoms with Gasteiger partial charge in [0.25, 0.3) is 0 Å². The molecule has 0 bridgehead atoms. The summed E-state index contributed by atoms with van der Waals surface area (Å²) in [6, 6.07) is 0. The van der Waals surface area contributed by atoms with Gasteiger partial charge in [-0.3, -0.25) is 37.3 Å². The minimum Gasteiger partial charge on any atom is -0.462 e. The van der Waals surface area contributed by atoms with E-state index in [-0.39, 0.29) is 25.7 Å². The van der Waals surface area contributed by atoms with E-state index >= 15 is 0 Å². The number of esters is 4. The highest BCUT2D eigenvalue weighted by Crippen LogP contribution is 2.45. The summed E-state index contributed by atoms with van der Waals surface area (Å²) in [4.78, 5) is 72.8. The van der Waals surface area contributed by atoms with Crippen molar-refractivity contribution in [1.29, 1.82) is 0 Å². The number of carbonyl (C=O) groups is 4. The van der Waals surface area contributed by atoms with E-state index < -0.39 is 97.5 Å². The number of rotatable bonds is 73. The number of carbonyl (C=O) groups excluding carboxylic acids is 4. The van der Waals surface area contributed by atoms with Crippen molar-refractivity contribution < 1.29 is 80.2 Å². The van der Waals surface area contributed by atoms with Crippen molar-refractivity contribution >= 4 is 39.5 Å². The standard InChI is InChI=1S/C77H140O17P2/c1-5-9-13-17-21-25-29-32-33-34-35-36-37-40-43-46-50-54-58-62-75(80)88-67-72(93-76(81)63-59-55-51-47-41-28-24-20-16-12-8-4)69-91-95(83,84)89-65-71(78)66-90-96(85,86)92-70-73(94-77(82)64-60-56-52-48-44-39-31-27-23-19-15-11-7-3)68-87-74(79)61-57-53-49-45-42-38-30-26-22-18-14-10-6-2/h21,25-27,30-33,35-36,71-73,78H,5-20,22-24,28-29,34,37-70H2,1-4H3,(H,83,84)(H,85,86)/b25-21-,30-26-,31-27-,33-32-,36-35-. The minimum absolute atomic E-state index is 0.0874. The normalized spacial score (nSPS) is 14.3. The zero-order chi connectivity index (χ0) is 70.4. The van der Waals surface area contributed by atoms with Crippen LogP contribution in [0.3, 0.4) is 0 Å². The highest BCUT2D eigenvalue weighted by Gasteiger charge is 2.30. The van der Waals surface area contributed by atoms with Crippen molar-refractivity contribution in [3.63, 3.8) is 0 Å². The molecule has 0 aliphatic heterocycles. The number of aliphatic hydroxyl groups excluding tert-OH is 1. The number of hydrogen-bond acceptors (Lipinski definition) is 15. The van der Waals surface area contributed by atoms with E-state index in [1.54, 1.807) is 0 Å². The Balaban J connectivity index is 5.28. The molecule has 0 fully saturated rings. The van der Waals surface area contributed by atoms with Gasteiger partial charge in [-0.05, 0) is 116 Å². The molecular formula is C77H140O17P2. The van der Waals surface area contributed by atoms with Crippen molar-refractivity contribution in [3.8, 4) is 0 Å². The quantitative estimate of drug-likeness (QED) is 0.0169. The zero-order valence-electron chi connectivity index (χ0n) is 61.1. The van der Waals surface area contributed by atoms with Gasteiger partial charge >= 0.3 is 39.5 Å². The molecule has 0 amide bonds. The average Bonchev–Trinajstić information content (AvgIpc) is 1.11. The van der Waals surface area contributed by atoms with E-state index in [0.29, 0.717) is 25.7 Å². The lowest BCUT2D eigenvalue weighted by Crippen LogP contribution is -2.30. The SMILES string of the molecule is CCCCC/C=C\C/C=C\C/C=C\CCCCCCCCC(=O)OCC(COP(=O)(O)OCC(O)COP(=O)(O)OCC(COC(=O)CCCCCCC/C=C\CCCCCC)OC(=O)CCCCCCC/C=C\CCCCCC)OC(=O)CCCCCCCCCCCCC. The molecule has 0 saturated heterocycles. The van der Waals surface area contributed by atoms with E-state index in [1.807, 2.05) is 0 Å². The Hall–Kier alpha value is -3.24. The summed E-state index contributed by atoms with van der Waals surface area (Å²) in [5, 5.41) is 10.6. The fourth-order valence-electron chi connectivity index (χ4n) is 10.5. The molecule has 0 aliphatic carbocycles. The summed E-state index contributed by atoms with van der Waals surface area (Å²) >= 11 is 0. The highest BCUT2D eigenvalue weighted by atomic mass is 31.2. The van der Waals surface area contributed by atoms with E-state index in [2.05, 4.69) is 88.5 Å². The van der Waals surface area contributed by atoms with Crippen LogP contribution in [0.5, 0.6) is 0 Å². The largest absolute Gasteiger partial charge is 0.472 e. The number of unbranched alkanes of at least 4 members (excludes halogenated alkanes) is 37. The lowest BCUT2D eigenvalue weighted by molar-refractivity contribution is -0.161. The van der Waals surface area contributed by atoms with Gasteiger partial charge in [0.1, 0.15) is 19.3 Å². The molecule has 17 nitrogen and oxygen atoms in total. The smallest absolute Gasteiger partial charge is 0.462 e. The molecule has 0 aromatic heterocycles. The molecule has 0 aliphatic rings. The first-order valence-electron chi connectivity index (χ1n) is 38.5. The molecule has 0 rings (SSSR count). The minimum atomic E-state index is -4.97. The number of phosphoric acid groups is 2. The summed E-state index contributed by atoms with van der Waals surface area (Å²) in [7, 11) is -9.93. The molecule has 0 spiro atoms. The van der Waals surface area contributed by atoms with Crippen LogP contribution in [0.15, 0.2) is 60.8 Å². The van der Waals surface area contributed by atoms with Gasteiger partial charge in [-0.25, -0.2) is 9.13 Å². The molecule has 96 heavy (non-hydrogen) atoms. The molecule has 0 aromatic rings. The van der Waals surface area contributed by atoms with Crippen LogP contribution in [0.1, 0.15) is 349 Å². The Morgan fingerprint density at radius 1 is 0.292 bits per heavy atom. The van der Waals surface area contributed by atoms with Crippen LogP contribution in [-0.4, -0.2) is 96.7 Å². The van der Waals surface area contributed by atoms with Crippen molar-refractivity contribution in [3.05, 3.63) is 60.8 Å². The molecule has 3 N–H and O–H groups in total. The fourth-order valence-corrected chi connectivity index (χ4v) is 12.1. The fraction of sp³-hybridized carbons (Fsp3) is 0.818. The number of allylic oxidation sites excluding steroid dienone is 10. The molecule has 19 heteroatoms. The maximum Gasteiger partial charge on any atom is 0.472 e. The Morgan fingerprint density at radius 3 is 0.823 bits per heavy atom. The van der Waals surface area contributed by atoms with Gasteiger partial charge in [-0.15, -0.1) is 0 Å². The predicted molar refractivity (Wildman–Crippen MR) is 390 cm³/mol. The first kappa shape index (κ1) is 92.8. The van der Waals surface area contributed by atoms with Gasteiger partial charge < -0.3 is 33.8 Å². The monoisotopic (exact) mass is 1400 g/mol. The third-order valence-electron chi connectivity index (χ3n) is 16.5. The first-order valence-corrected chi connectivity index (χ1v) is 41.5. The lowest BCUT2D eigenvalue weighted by Gasteiger charge is -2.21. The number of phosphoric ester groups is 2. The summed E-state index contributed by atoms with van der Waals surface area (Å²) in [6.07, 6.45) is 67.8. The molecule has 0 aromatic carbocycles. The van der Waals surface area contributed by atoms with Crippen molar-refractivity contribution in [2.45, 2.75) is 367 Å². The van der Waals surface area contributed by atoms with Crippen LogP contribution in [0.2, 0.25) is 0 Å². The van der Waals surface area contributed by atoms with Gasteiger partial charge in [0.2, 0.25) is 0 Å². The molecule has 5 unspecified atom stereocenters. The van der Waals surface area contributed by atoms with Crippen LogP contribution >= 0.6 is 15.6 Å². The Bertz CT molecular complexity index is 2060. The van der Waals surface area contributed by atoms with E-state index in [1.165, 1.54) is 109 Å². The van der Waals surface area contributed by atoms with Gasteiger partial charge in [0.15, 0.2) is 12.2 Å². The predicted octanol–water partition coefficient (Wildman–Crippen LogP) is 21.9. The maximum absolute atomic E-state index is 13.1. The Labute approximate surface area is 584 Å². The highest BCUT2D eigenvalue weighted by molar-refractivity contribution is 7.47. The van der Waals surface area contributed by atoms with Crippen LogP contribution < -0.4 is 0 Å². The third-order valence-corrected chi connectivity index (χ3v) is 18.4. The van der Waals surface area contributed by atoms with E-state index in [9.17, 15) is 43.2 Å². The van der Waals surface area contributed by atoms with Gasteiger partial charge in [0, 0.05) is 25.7 Å². The Kier molecular flexibility index (Phi) is 67.8. The van der Waals surface area contributed by atoms with Crippen molar-refractivity contribution in [1.82, 2.24) is 0 Å². The van der Waals surface area contributed by atoms with Crippen LogP contribution in [0.25, 0.3) is 0 Å². The molecule has 5 atom stereocenters. The third kappa shape index (κ3) is 69.2. The topological polar surface area (TPSA) is 237 Å². The first-order chi connectivity index (χ1) is 46.7. The van der Waals surface area contributed by atoms with Gasteiger partial charge in [-0.2, -0.15) is 0 Å². The second-order valence-electron chi connectivity index (χ2n) is 25.9. The summed E-state index contributed by atoms with van der Waals surface area (Å²) < 4.78 is 68.4. The van der Waals surface area contributed by atoms with E-state index in [4.69, 9.17) is 37.0 Å². The molecule has 0 saturated carbocycles. The van der Waals surface area contributed by atoms with Gasteiger partial charge in [0.05, 0.1) is 26.4 Å². The van der Waals surface area contributed by atoms with Crippen molar-refractivity contribution in [2.24, 2.45) is 0 Å². The summed E-state index contributed by atoms with van der Waals surface area (Å²) in [5.41, 5.74) is 0. The summed E-state index contributed by atoms with van der Waals surface area (Å²) in [5.74, 6) is -2.18. The number of hydrogen-bond donors (Lipinski definition) is 3. The van der Waals surface area contributed by atoms with Crippen molar-refractivity contribution in [2.75, 3.05) is 39.6 Å². The average molecular weight is 1400 g/mol. The van der Waals surface area contributed by atoms with Crippen LogP contribution in [-0.2, 0) is 65.4 Å². The molecule has 0 radical (unpaired) electrons. The molecular weight excluding hydrogens is 1260 g/mol. The lowest BCUT2D eigenvalue weighted by atomic mass is 10.1. The number of aliphatic hydroxyl groups is 1. The van der Waals surface area contributed by atoms with E-state index in [0.717, 1.165) is 161 Å². The van der Waals surface area contributed by atoms with Gasteiger partial charge in [-0.1, -0.05) is 268 Å². The Morgan fingerprint density at radius 2 is 0.510 bits per heavy atom. The van der Waals surface area contributed by atoms with Crippen LogP contribution in [0, 0.1) is 0 Å². The number of ether oxygens (including phenoxy) is 4. The zero-order valence-corrected chi connectivity index (χ0v) is 62.8. The van der Waals surface area contributed by atoms with Crippen LogP contribution in [0.4, 0.5) is 0 Å². The second-order valence-corrected chi connectivity index (χ2v) is 28.9. The second kappa shape index (κ2) is 70.2. The summed E-state index contributed by atoms with van der Waals surface area (Å²) in [6.45, 7) is 4.82.